The first-order valence-corrected chi connectivity index (χ1v) is 9.79. The van der Waals surface area contributed by atoms with Crippen LogP contribution >= 0.6 is 0 Å². The largest absolute Gasteiger partial charge is 0.618 e. The second kappa shape index (κ2) is 6.95. The Hall–Kier alpha value is -3.74. The lowest BCUT2D eigenvalue weighted by Gasteiger charge is -2.11. The average Bonchev–Trinajstić information content (AvgIpc) is 3.46. The first-order valence-electron chi connectivity index (χ1n) is 9.79. The second-order valence-electron chi connectivity index (χ2n) is 7.61. The van der Waals surface area contributed by atoms with E-state index in [1.807, 2.05) is 13.0 Å². The van der Waals surface area contributed by atoms with Crippen LogP contribution in [0.2, 0.25) is 0 Å². The predicted octanol–water partition coefficient (Wildman–Crippen LogP) is 3.67. The lowest BCUT2D eigenvalue weighted by atomic mass is 10.0. The fourth-order valence-electron chi connectivity index (χ4n) is 3.55. The van der Waals surface area contributed by atoms with Crippen molar-refractivity contribution in [3.8, 4) is 16.9 Å². The number of nitrogens with one attached hydrogen (secondary N) is 1. The number of carbonyl (C=O) groups excluding carboxylic acids is 1. The van der Waals surface area contributed by atoms with Crippen LogP contribution in [0.1, 0.15) is 28.8 Å². The van der Waals surface area contributed by atoms with Gasteiger partial charge in [0.25, 0.3) is 5.91 Å². The van der Waals surface area contributed by atoms with Gasteiger partial charge in [-0.3, -0.25) is 4.79 Å². The first kappa shape index (κ1) is 18.3. The highest BCUT2D eigenvalue weighted by Gasteiger charge is 2.25. The van der Waals surface area contributed by atoms with Gasteiger partial charge in [-0.1, -0.05) is 18.2 Å². The summed E-state index contributed by atoms with van der Waals surface area (Å²) in [5, 5.41) is 20.8. The van der Waals surface area contributed by atoms with Crippen molar-refractivity contribution >= 4 is 16.8 Å². The number of carbonyl (C=O) groups is 1. The molecule has 1 aliphatic rings. The summed E-state index contributed by atoms with van der Waals surface area (Å²) >= 11 is 0. The minimum atomic E-state index is -0.422. The Morgan fingerprint density at radius 3 is 2.80 bits per heavy atom. The molecule has 2 heterocycles. The van der Waals surface area contributed by atoms with Crippen LogP contribution in [0.25, 0.3) is 27.8 Å². The van der Waals surface area contributed by atoms with Gasteiger partial charge >= 0.3 is 0 Å². The number of para-hydroxylation sites is 1. The number of rotatable bonds is 4. The molecule has 0 radical (unpaired) electrons. The summed E-state index contributed by atoms with van der Waals surface area (Å²) in [5.74, 6) is -0.557. The van der Waals surface area contributed by atoms with Crippen molar-refractivity contribution in [2.45, 2.75) is 25.8 Å². The Balaban J connectivity index is 1.59. The van der Waals surface area contributed by atoms with Crippen LogP contribution in [0.5, 0.6) is 0 Å². The highest BCUT2D eigenvalue weighted by molar-refractivity contribution is 5.96. The molecule has 1 N–H and O–H groups in total. The van der Waals surface area contributed by atoms with Crippen LogP contribution < -0.4 is 10.0 Å². The van der Waals surface area contributed by atoms with Gasteiger partial charge in [-0.05, 0) is 49.6 Å². The quantitative estimate of drug-likeness (QED) is 0.418. The SMILES string of the molecule is Cc1ccc(C(=O)NC2CC2)cc1-c1cc2cnn(-c3ccccc3F)c2c[n+]1[O-]. The van der Waals surface area contributed by atoms with Crippen LogP contribution in [0.3, 0.4) is 0 Å². The molecule has 0 bridgehead atoms. The predicted molar refractivity (Wildman–Crippen MR) is 111 cm³/mol. The summed E-state index contributed by atoms with van der Waals surface area (Å²) in [7, 11) is 0. The summed E-state index contributed by atoms with van der Waals surface area (Å²) in [6.07, 6.45) is 5.01. The van der Waals surface area contributed by atoms with Gasteiger partial charge in [0.15, 0.2) is 0 Å². The zero-order chi connectivity index (χ0) is 20.8. The molecule has 0 spiro atoms. The molecule has 0 aliphatic heterocycles. The van der Waals surface area contributed by atoms with E-state index in [-0.39, 0.29) is 17.6 Å². The second-order valence-corrected chi connectivity index (χ2v) is 7.61. The molecule has 1 saturated carbocycles. The zero-order valence-electron chi connectivity index (χ0n) is 16.3. The number of amides is 1. The van der Waals surface area contributed by atoms with Crippen LogP contribution in [0.15, 0.2) is 60.9 Å². The number of aromatic nitrogens is 3. The number of benzene rings is 2. The molecule has 150 valence electrons. The molecule has 2 aromatic heterocycles. The molecule has 1 aliphatic carbocycles. The molecule has 7 heteroatoms. The Morgan fingerprint density at radius 2 is 2.03 bits per heavy atom. The molecular formula is C23H19FN4O2. The lowest BCUT2D eigenvalue weighted by Crippen LogP contribution is -2.29. The van der Waals surface area contributed by atoms with Gasteiger partial charge in [0.2, 0.25) is 11.9 Å². The van der Waals surface area contributed by atoms with Crippen molar-refractivity contribution in [3.05, 3.63) is 83.1 Å². The number of hydrogen-bond acceptors (Lipinski definition) is 3. The number of fused-ring (bicyclic) bond motifs is 1. The van der Waals surface area contributed by atoms with E-state index in [4.69, 9.17) is 0 Å². The Morgan fingerprint density at radius 1 is 1.23 bits per heavy atom. The summed E-state index contributed by atoms with van der Waals surface area (Å²) in [5.41, 5.74) is 3.26. The summed E-state index contributed by atoms with van der Waals surface area (Å²) in [4.78, 5) is 12.4. The fourth-order valence-corrected chi connectivity index (χ4v) is 3.55. The van der Waals surface area contributed by atoms with Crippen molar-refractivity contribution < 1.29 is 13.9 Å². The Bertz CT molecular complexity index is 1290. The van der Waals surface area contributed by atoms with Crippen molar-refractivity contribution in [1.29, 1.82) is 0 Å². The lowest BCUT2D eigenvalue weighted by molar-refractivity contribution is -0.592. The van der Waals surface area contributed by atoms with E-state index < -0.39 is 5.82 Å². The maximum Gasteiger partial charge on any atom is 0.251 e. The number of pyridine rings is 1. The zero-order valence-corrected chi connectivity index (χ0v) is 16.3. The van der Waals surface area contributed by atoms with Gasteiger partial charge in [0.05, 0.1) is 11.8 Å². The van der Waals surface area contributed by atoms with E-state index >= 15 is 0 Å². The molecule has 6 nitrogen and oxygen atoms in total. The van der Waals surface area contributed by atoms with E-state index in [9.17, 15) is 14.4 Å². The highest BCUT2D eigenvalue weighted by atomic mass is 19.1. The van der Waals surface area contributed by atoms with Gasteiger partial charge in [-0.2, -0.15) is 9.83 Å². The molecule has 2 aromatic carbocycles. The third-order valence-electron chi connectivity index (χ3n) is 5.37. The van der Waals surface area contributed by atoms with Gasteiger partial charge < -0.3 is 10.5 Å². The van der Waals surface area contributed by atoms with Crippen molar-refractivity contribution in [2.75, 3.05) is 0 Å². The van der Waals surface area contributed by atoms with Gasteiger partial charge in [0, 0.05) is 23.1 Å². The van der Waals surface area contributed by atoms with Crippen LogP contribution in [-0.4, -0.2) is 21.7 Å². The minimum Gasteiger partial charge on any atom is -0.618 e. The van der Waals surface area contributed by atoms with Gasteiger partial charge in [0.1, 0.15) is 17.0 Å². The van der Waals surface area contributed by atoms with E-state index in [1.54, 1.807) is 42.6 Å². The van der Waals surface area contributed by atoms with Crippen LogP contribution in [0.4, 0.5) is 4.39 Å². The number of nitrogens with zero attached hydrogens (tertiary/aromatic N) is 3. The van der Waals surface area contributed by atoms with Gasteiger partial charge in [-0.25, -0.2) is 9.07 Å². The number of hydrogen-bond donors (Lipinski definition) is 1. The first-order chi connectivity index (χ1) is 14.5. The monoisotopic (exact) mass is 402 g/mol. The van der Waals surface area contributed by atoms with E-state index in [0.717, 1.165) is 23.1 Å². The summed E-state index contributed by atoms with van der Waals surface area (Å²) < 4.78 is 16.4. The third kappa shape index (κ3) is 3.18. The fraction of sp³-hybridized carbons (Fsp3) is 0.174. The van der Waals surface area contributed by atoms with E-state index in [2.05, 4.69) is 10.4 Å². The average molecular weight is 402 g/mol. The van der Waals surface area contributed by atoms with Crippen LogP contribution in [-0.2, 0) is 0 Å². The smallest absolute Gasteiger partial charge is 0.251 e. The standard InChI is InChI=1S/C23H19FN4O2/c1-14-6-7-15(23(29)26-17-8-9-17)10-18(14)21-11-16-12-25-28(22(16)13-27(21)30)20-5-3-2-4-19(20)24/h2-7,10-13,17H,8-9H2,1H3,(H,26,29). The van der Waals surface area contributed by atoms with E-state index in [1.165, 1.54) is 16.9 Å². The molecular weight excluding hydrogens is 383 g/mol. The molecule has 0 unspecified atom stereocenters. The summed E-state index contributed by atoms with van der Waals surface area (Å²) in [6, 6.07) is 13.6. The summed E-state index contributed by atoms with van der Waals surface area (Å²) in [6.45, 7) is 1.89. The maximum atomic E-state index is 14.2. The minimum absolute atomic E-state index is 0.135. The Labute approximate surface area is 172 Å². The molecule has 4 aromatic rings. The third-order valence-corrected chi connectivity index (χ3v) is 5.37. The highest BCUT2D eigenvalue weighted by Crippen LogP contribution is 2.27. The Kier molecular flexibility index (Phi) is 4.24. The van der Waals surface area contributed by atoms with Crippen LogP contribution in [0, 0.1) is 17.9 Å². The molecule has 0 saturated heterocycles. The maximum absolute atomic E-state index is 14.2. The van der Waals surface area contributed by atoms with E-state index in [0.29, 0.717) is 27.7 Å². The number of halogens is 1. The molecule has 30 heavy (non-hydrogen) atoms. The molecule has 0 atom stereocenters. The van der Waals surface area contributed by atoms with Gasteiger partial charge in [-0.15, -0.1) is 0 Å². The van der Waals surface area contributed by atoms with Crippen molar-refractivity contribution in [2.24, 2.45) is 0 Å². The molecule has 5 rings (SSSR count). The van der Waals surface area contributed by atoms with Crippen molar-refractivity contribution in [1.82, 2.24) is 15.1 Å². The van der Waals surface area contributed by atoms with Crippen molar-refractivity contribution in [3.63, 3.8) is 0 Å². The number of aryl methyl sites for hydroxylation is 1. The molecule has 1 fully saturated rings. The topological polar surface area (TPSA) is 73.9 Å². The normalized spacial score (nSPS) is 13.5. The molecule has 1 amide bonds.